The summed E-state index contributed by atoms with van der Waals surface area (Å²) in [6, 6.07) is 13.6. The highest BCUT2D eigenvalue weighted by Gasteiger charge is 2.20. The topological polar surface area (TPSA) is 107 Å². The average Bonchev–Trinajstić information content (AvgIpc) is 2.78. The molecule has 0 aliphatic carbocycles. The van der Waals surface area contributed by atoms with E-state index in [0.717, 1.165) is 11.1 Å². The largest absolute Gasteiger partial charge is 0.486 e. The smallest absolute Gasteiger partial charge is 0.262 e. The summed E-state index contributed by atoms with van der Waals surface area (Å²) in [5.41, 5.74) is 2.52. The number of amides is 1. The number of hydrogen-bond donors (Lipinski definition) is 2. The van der Waals surface area contributed by atoms with Crippen molar-refractivity contribution in [2.24, 2.45) is 0 Å². The monoisotopic (exact) mass is 439 g/mol. The van der Waals surface area contributed by atoms with Crippen molar-refractivity contribution in [3.63, 3.8) is 0 Å². The Hall–Kier alpha value is -3.59. The van der Waals surface area contributed by atoms with Crippen LogP contribution in [0.5, 0.6) is 11.5 Å². The number of fused-ring (bicyclic) bond motifs is 1. The molecule has 31 heavy (non-hydrogen) atoms. The molecular formula is C22H21N3O5S. The zero-order chi connectivity index (χ0) is 21.8. The SMILES string of the molecule is Cc1ccc(CNC(=O)c2cncc(NS(=O)(=O)c3ccc4c(c3)OCCO4)c2)cc1. The first-order valence-electron chi connectivity index (χ1n) is 9.62. The van der Waals surface area contributed by atoms with Gasteiger partial charge in [0.1, 0.15) is 13.2 Å². The Bertz CT molecular complexity index is 1210. The van der Waals surface area contributed by atoms with Crippen molar-refractivity contribution >= 4 is 21.6 Å². The van der Waals surface area contributed by atoms with Crippen LogP contribution in [0.25, 0.3) is 0 Å². The van der Waals surface area contributed by atoms with E-state index in [4.69, 9.17) is 9.47 Å². The maximum atomic E-state index is 12.8. The van der Waals surface area contributed by atoms with Crippen molar-refractivity contribution in [2.75, 3.05) is 17.9 Å². The molecule has 0 saturated carbocycles. The van der Waals surface area contributed by atoms with Crippen LogP contribution in [0.3, 0.4) is 0 Å². The number of anilines is 1. The molecule has 1 amide bonds. The van der Waals surface area contributed by atoms with E-state index in [0.29, 0.717) is 31.3 Å². The van der Waals surface area contributed by atoms with Gasteiger partial charge in [-0.15, -0.1) is 0 Å². The summed E-state index contributed by atoms with van der Waals surface area (Å²) < 4.78 is 38.9. The molecule has 2 aromatic carbocycles. The van der Waals surface area contributed by atoms with E-state index in [1.165, 1.54) is 30.6 Å². The van der Waals surface area contributed by atoms with Crippen LogP contribution in [-0.2, 0) is 16.6 Å². The fourth-order valence-corrected chi connectivity index (χ4v) is 4.06. The second kappa shape index (κ2) is 8.65. The lowest BCUT2D eigenvalue weighted by Crippen LogP contribution is -2.23. The number of aromatic nitrogens is 1. The number of carbonyl (C=O) groups is 1. The first-order valence-corrected chi connectivity index (χ1v) is 11.1. The molecule has 160 valence electrons. The molecule has 0 spiro atoms. The molecule has 0 radical (unpaired) electrons. The standard InChI is InChI=1S/C22H21N3O5S/c1-15-2-4-16(5-3-15)12-24-22(26)17-10-18(14-23-13-17)25-31(27,28)19-6-7-20-21(11-19)30-9-8-29-20/h2-7,10-11,13-14,25H,8-9,12H2,1H3,(H,24,26). The number of nitrogens with one attached hydrogen (secondary N) is 2. The molecular weight excluding hydrogens is 418 g/mol. The van der Waals surface area contributed by atoms with Crippen molar-refractivity contribution in [1.29, 1.82) is 0 Å². The normalized spacial score (nSPS) is 12.8. The summed E-state index contributed by atoms with van der Waals surface area (Å²) in [5, 5.41) is 2.80. The molecule has 0 fully saturated rings. The molecule has 2 N–H and O–H groups in total. The summed E-state index contributed by atoms with van der Waals surface area (Å²) in [4.78, 5) is 16.5. The lowest BCUT2D eigenvalue weighted by atomic mass is 10.1. The van der Waals surface area contributed by atoms with E-state index in [9.17, 15) is 13.2 Å². The minimum Gasteiger partial charge on any atom is -0.486 e. The van der Waals surface area contributed by atoms with Gasteiger partial charge in [0.25, 0.3) is 15.9 Å². The minimum absolute atomic E-state index is 0.0194. The van der Waals surface area contributed by atoms with Gasteiger partial charge in [-0.1, -0.05) is 29.8 Å². The van der Waals surface area contributed by atoms with Crippen LogP contribution in [0.15, 0.2) is 65.8 Å². The van der Waals surface area contributed by atoms with E-state index in [2.05, 4.69) is 15.0 Å². The first kappa shape index (κ1) is 20.7. The van der Waals surface area contributed by atoms with Crippen LogP contribution in [0.1, 0.15) is 21.5 Å². The number of pyridine rings is 1. The van der Waals surface area contributed by atoms with Gasteiger partial charge in [-0.2, -0.15) is 0 Å². The van der Waals surface area contributed by atoms with Crippen molar-refractivity contribution in [3.05, 3.63) is 77.6 Å². The lowest BCUT2D eigenvalue weighted by Gasteiger charge is -2.19. The quantitative estimate of drug-likeness (QED) is 0.612. The van der Waals surface area contributed by atoms with Gasteiger partial charge in [0.05, 0.1) is 22.3 Å². The Labute approximate surface area is 180 Å². The zero-order valence-electron chi connectivity index (χ0n) is 16.8. The number of benzene rings is 2. The Kier molecular flexibility index (Phi) is 5.77. The molecule has 1 aromatic heterocycles. The second-order valence-electron chi connectivity index (χ2n) is 7.04. The van der Waals surface area contributed by atoms with Gasteiger partial charge in [-0.25, -0.2) is 8.42 Å². The van der Waals surface area contributed by atoms with Crippen LogP contribution >= 0.6 is 0 Å². The Morgan fingerprint density at radius 2 is 1.74 bits per heavy atom. The molecule has 1 aliphatic rings. The van der Waals surface area contributed by atoms with Gasteiger partial charge in [0.2, 0.25) is 0 Å². The molecule has 4 rings (SSSR count). The van der Waals surface area contributed by atoms with E-state index in [-0.39, 0.29) is 22.1 Å². The minimum atomic E-state index is -3.91. The van der Waals surface area contributed by atoms with E-state index >= 15 is 0 Å². The summed E-state index contributed by atoms with van der Waals surface area (Å²) >= 11 is 0. The predicted octanol–water partition coefficient (Wildman–Crippen LogP) is 2.89. The van der Waals surface area contributed by atoms with E-state index < -0.39 is 10.0 Å². The summed E-state index contributed by atoms with van der Waals surface area (Å²) in [7, 11) is -3.91. The Morgan fingerprint density at radius 1 is 1.00 bits per heavy atom. The number of carbonyl (C=O) groups excluding carboxylic acids is 1. The molecule has 1 aliphatic heterocycles. The van der Waals surface area contributed by atoms with Crippen molar-refractivity contribution in [1.82, 2.24) is 10.3 Å². The number of ether oxygens (including phenoxy) is 2. The maximum absolute atomic E-state index is 12.8. The van der Waals surface area contributed by atoms with Crippen LogP contribution < -0.4 is 19.5 Å². The highest BCUT2D eigenvalue weighted by molar-refractivity contribution is 7.92. The number of rotatable bonds is 6. The number of sulfonamides is 1. The molecule has 8 nitrogen and oxygen atoms in total. The molecule has 9 heteroatoms. The number of hydrogen-bond acceptors (Lipinski definition) is 6. The Balaban J connectivity index is 1.46. The number of aryl methyl sites for hydroxylation is 1. The average molecular weight is 439 g/mol. The fraction of sp³-hybridized carbons (Fsp3) is 0.182. The van der Waals surface area contributed by atoms with Crippen molar-refractivity contribution in [2.45, 2.75) is 18.4 Å². The van der Waals surface area contributed by atoms with Crippen LogP contribution in [0.4, 0.5) is 5.69 Å². The summed E-state index contributed by atoms with van der Waals surface area (Å²) in [6.07, 6.45) is 2.72. The molecule has 3 aromatic rings. The fourth-order valence-electron chi connectivity index (χ4n) is 3.02. The maximum Gasteiger partial charge on any atom is 0.262 e. The molecule has 0 unspecified atom stereocenters. The third-order valence-corrected chi connectivity index (χ3v) is 6.03. The number of nitrogens with zero attached hydrogens (tertiary/aromatic N) is 1. The van der Waals surface area contributed by atoms with Gasteiger partial charge in [-0.3, -0.25) is 14.5 Å². The zero-order valence-corrected chi connectivity index (χ0v) is 17.6. The first-order chi connectivity index (χ1) is 14.9. The van der Waals surface area contributed by atoms with E-state index in [1.54, 1.807) is 6.07 Å². The van der Waals surface area contributed by atoms with Gasteiger partial charge in [0, 0.05) is 18.8 Å². The molecule has 0 saturated heterocycles. The van der Waals surface area contributed by atoms with Gasteiger partial charge >= 0.3 is 0 Å². The molecule has 0 atom stereocenters. The predicted molar refractivity (Wildman–Crippen MR) is 115 cm³/mol. The van der Waals surface area contributed by atoms with Gasteiger partial charge < -0.3 is 14.8 Å². The van der Waals surface area contributed by atoms with Gasteiger partial charge in [0.15, 0.2) is 11.5 Å². The van der Waals surface area contributed by atoms with Crippen LogP contribution in [0, 0.1) is 6.92 Å². The van der Waals surface area contributed by atoms with Crippen LogP contribution in [0.2, 0.25) is 0 Å². The third kappa shape index (κ3) is 4.95. The highest BCUT2D eigenvalue weighted by atomic mass is 32.2. The van der Waals surface area contributed by atoms with Gasteiger partial charge in [-0.05, 0) is 30.7 Å². The summed E-state index contributed by atoms with van der Waals surface area (Å²) in [5.74, 6) is 0.518. The summed E-state index contributed by atoms with van der Waals surface area (Å²) in [6.45, 7) is 3.12. The lowest BCUT2D eigenvalue weighted by molar-refractivity contribution is 0.0950. The Morgan fingerprint density at radius 3 is 2.52 bits per heavy atom. The van der Waals surface area contributed by atoms with Crippen molar-refractivity contribution in [3.8, 4) is 11.5 Å². The van der Waals surface area contributed by atoms with E-state index in [1.807, 2.05) is 31.2 Å². The molecule has 2 heterocycles. The van der Waals surface area contributed by atoms with Crippen molar-refractivity contribution < 1.29 is 22.7 Å². The third-order valence-electron chi connectivity index (χ3n) is 4.65. The highest BCUT2D eigenvalue weighted by Crippen LogP contribution is 2.32. The van der Waals surface area contributed by atoms with Crippen LogP contribution in [-0.4, -0.2) is 32.5 Å². The second-order valence-corrected chi connectivity index (χ2v) is 8.72. The molecule has 0 bridgehead atoms.